The maximum atomic E-state index is 12.0. The highest BCUT2D eigenvalue weighted by Crippen LogP contribution is 2.32. The lowest BCUT2D eigenvalue weighted by Gasteiger charge is -2.39. The average molecular weight is 262 g/mol. The summed E-state index contributed by atoms with van der Waals surface area (Å²) in [6.07, 6.45) is 1.86. The fourth-order valence-electron chi connectivity index (χ4n) is 2.15. The number of urea groups is 1. The average Bonchev–Trinajstić information content (AvgIpc) is 2.34. The largest absolute Gasteiger partial charge is 0.480 e. The van der Waals surface area contributed by atoms with Crippen LogP contribution < -0.4 is 5.32 Å². The number of hydrogen-bond acceptors (Lipinski definition) is 2. The van der Waals surface area contributed by atoms with Gasteiger partial charge in [0.25, 0.3) is 0 Å². The second-order valence-corrected chi connectivity index (χ2v) is 5.01. The van der Waals surface area contributed by atoms with Crippen molar-refractivity contribution in [3.8, 4) is 0 Å². The van der Waals surface area contributed by atoms with E-state index in [1.165, 1.54) is 4.90 Å². The molecule has 0 heterocycles. The fraction of sp³-hybridized carbons (Fsp3) is 0.429. The van der Waals surface area contributed by atoms with Gasteiger partial charge in [0.05, 0.1) is 0 Å². The molecule has 2 rings (SSSR count). The summed E-state index contributed by atoms with van der Waals surface area (Å²) in [5, 5.41) is 11.8. The van der Waals surface area contributed by atoms with Gasteiger partial charge in [-0.2, -0.15) is 0 Å². The van der Waals surface area contributed by atoms with Crippen LogP contribution in [0.1, 0.15) is 24.8 Å². The Morgan fingerprint density at radius 1 is 1.32 bits per heavy atom. The highest BCUT2D eigenvalue weighted by molar-refractivity contribution is 5.87. The van der Waals surface area contributed by atoms with Crippen LogP contribution in [0.15, 0.2) is 30.3 Å². The standard InChI is InChI=1S/C14H18N2O3/c1-16(10-11-6-3-2-4-7-11)13(19)15-14(12(17)18)8-5-9-14/h2-4,6-7H,5,8-10H2,1H3,(H,15,19)(H,17,18). The molecule has 0 unspecified atom stereocenters. The van der Waals surface area contributed by atoms with E-state index in [-0.39, 0.29) is 6.03 Å². The summed E-state index contributed by atoms with van der Waals surface area (Å²) in [5.74, 6) is -0.944. The van der Waals surface area contributed by atoms with Gasteiger partial charge in [-0.25, -0.2) is 9.59 Å². The first-order valence-corrected chi connectivity index (χ1v) is 6.34. The maximum absolute atomic E-state index is 12.0. The van der Waals surface area contributed by atoms with Gasteiger partial charge in [0.15, 0.2) is 0 Å². The van der Waals surface area contributed by atoms with E-state index in [0.717, 1.165) is 12.0 Å². The number of aliphatic carboxylic acids is 1. The summed E-state index contributed by atoms with van der Waals surface area (Å²) in [6, 6.07) is 9.25. The van der Waals surface area contributed by atoms with Gasteiger partial charge in [0, 0.05) is 13.6 Å². The topological polar surface area (TPSA) is 69.6 Å². The van der Waals surface area contributed by atoms with Gasteiger partial charge in [-0.3, -0.25) is 0 Å². The Bertz CT molecular complexity index is 469. The fourth-order valence-corrected chi connectivity index (χ4v) is 2.15. The van der Waals surface area contributed by atoms with Gasteiger partial charge in [0.2, 0.25) is 0 Å². The molecule has 1 saturated carbocycles. The molecule has 0 radical (unpaired) electrons. The summed E-state index contributed by atoms with van der Waals surface area (Å²) in [4.78, 5) is 24.7. The highest BCUT2D eigenvalue weighted by atomic mass is 16.4. The zero-order valence-electron chi connectivity index (χ0n) is 10.9. The number of rotatable bonds is 4. The van der Waals surface area contributed by atoms with Crippen LogP contribution in [0.5, 0.6) is 0 Å². The van der Waals surface area contributed by atoms with Crippen molar-refractivity contribution in [1.82, 2.24) is 10.2 Å². The van der Waals surface area contributed by atoms with Crippen molar-refractivity contribution in [2.45, 2.75) is 31.3 Å². The van der Waals surface area contributed by atoms with E-state index in [0.29, 0.717) is 19.4 Å². The van der Waals surface area contributed by atoms with Crippen molar-refractivity contribution in [2.24, 2.45) is 0 Å². The van der Waals surface area contributed by atoms with Gasteiger partial charge in [-0.05, 0) is 24.8 Å². The SMILES string of the molecule is CN(Cc1ccccc1)C(=O)NC1(C(=O)O)CCC1. The number of carboxylic acid groups (broad SMARTS) is 1. The Kier molecular flexibility index (Phi) is 3.74. The normalized spacial score (nSPS) is 16.3. The first-order chi connectivity index (χ1) is 9.03. The van der Waals surface area contributed by atoms with E-state index in [1.54, 1.807) is 7.05 Å². The molecule has 0 atom stereocenters. The molecule has 0 saturated heterocycles. The molecule has 1 aromatic rings. The van der Waals surface area contributed by atoms with E-state index in [4.69, 9.17) is 0 Å². The van der Waals surface area contributed by atoms with Crippen LogP contribution in [0.25, 0.3) is 0 Å². The summed E-state index contributed by atoms with van der Waals surface area (Å²) in [7, 11) is 1.66. The Labute approximate surface area is 112 Å². The van der Waals surface area contributed by atoms with Crippen molar-refractivity contribution in [3.05, 3.63) is 35.9 Å². The zero-order chi connectivity index (χ0) is 13.9. The lowest BCUT2D eigenvalue weighted by atomic mass is 9.77. The number of carbonyl (C=O) groups is 2. The predicted octanol–water partition coefficient (Wildman–Crippen LogP) is 1.84. The molecule has 0 aromatic heterocycles. The smallest absolute Gasteiger partial charge is 0.329 e. The molecule has 0 aliphatic heterocycles. The van der Waals surface area contributed by atoms with Gasteiger partial charge < -0.3 is 15.3 Å². The van der Waals surface area contributed by atoms with Crippen LogP contribution in [0, 0.1) is 0 Å². The highest BCUT2D eigenvalue weighted by Gasteiger charge is 2.46. The number of nitrogens with one attached hydrogen (secondary N) is 1. The van der Waals surface area contributed by atoms with Gasteiger partial charge in [-0.15, -0.1) is 0 Å². The lowest BCUT2D eigenvalue weighted by molar-refractivity contribution is -0.148. The van der Waals surface area contributed by atoms with Crippen molar-refractivity contribution in [1.29, 1.82) is 0 Å². The zero-order valence-corrected chi connectivity index (χ0v) is 10.9. The molecule has 102 valence electrons. The predicted molar refractivity (Wildman–Crippen MR) is 70.7 cm³/mol. The molecule has 1 aliphatic rings. The summed E-state index contributed by atoms with van der Waals surface area (Å²) in [5.41, 5.74) is -0.0414. The van der Waals surface area contributed by atoms with E-state index >= 15 is 0 Å². The third-order valence-electron chi connectivity index (χ3n) is 3.57. The van der Waals surface area contributed by atoms with Crippen molar-refractivity contribution in [2.75, 3.05) is 7.05 Å². The van der Waals surface area contributed by atoms with Crippen LogP contribution in [0.2, 0.25) is 0 Å². The number of benzene rings is 1. The quantitative estimate of drug-likeness (QED) is 0.869. The second-order valence-electron chi connectivity index (χ2n) is 5.01. The minimum atomic E-state index is -1.05. The van der Waals surface area contributed by atoms with E-state index in [2.05, 4.69) is 5.32 Å². The van der Waals surface area contributed by atoms with Crippen LogP contribution in [0.3, 0.4) is 0 Å². The summed E-state index contributed by atoms with van der Waals surface area (Å²) >= 11 is 0. The van der Waals surface area contributed by atoms with Crippen molar-refractivity contribution < 1.29 is 14.7 Å². The van der Waals surface area contributed by atoms with Crippen LogP contribution in [-0.4, -0.2) is 34.6 Å². The van der Waals surface area contributed by atoms with Crippen LogP contribution in [0.4, 0.5) is 4.79 Å². The molecule has 2 N–H and O–H groups in total. The first kappa shape index (κ1) is 13.4. The molecular formula is C14H18N2O3. The molecule has 5 heteroatoms. The minimum absolute atomic E-state index is 0.342. The molecule has 1 aliphatic carbocycles. The van der Waals surface area contributed by atoms with Gasteiger partial charge in [0.1, 0.15) is 5.54 Å². The van der Waals surface area contributed by atoms with E-state index in [1.807, 2.05) is 30.3 Å². The van der Waals surface area contributed by atoms with Gasteiger partial charge in [-0.1, -0.05) is 30.3 Å². The molecule has 2 amide bonds. The number of nitrogens with zero attached hydrogens (tertiary/aromatic N) is 1. The van der Waals surface area contributed by atoms with E-state index in [9.17, 15) is 14.7 Å². The van der Waals surface area contributed by atoms with Crippen molar-refractivity contribution >= 4 is 12.0 Å². The lowest BCUT2D eigenvalue weighted by Crippen LogP contribution is -2.61. The molecule has 5 nitrogen and oxygen atoms in total. The minimum Gasteiger partial charge on any atom is -0.480 e. The third kappa shape index (κ3) is 2.86. The number of hydrogen-bond donors (Lipinski definition) is 2. The Balaban J connectivity index is 1.94. The Morgan fingerprint density at radius 2 is 1.95 bits per heavy atom. The number of carbonyl (C=O) groups excluding carboxylic acids is 1. The third-order valence-corrected chi connectivity index (χ3v) is 3.57. The maximum Gasteiger partial charge on any atom is 0.329 e. The monoisotopic (exact) mass is 262 g/mol. The molecule has 1 fully saturated rings. The first-order valence-electron chi connectivity index (χ1n) is 6.34. The Hall–Kier alpha value is -2.04. The number of carboxylic acids is 1. The molecular weight excluding hydrogens is 244 g/mol. The van der Waals surface area contributed by atoms with E-state index < -0.39 is 11.5 Å². The van der Waals surface area contributed by atoms with Gasteiger partial charge >= 0.3 is 12.0 Å². The molecule has 1 aromatic carbocycles. The van der Waals surface area contributed by atoms with Crippen LogP contribution in [-0.2, 0) is 11.3 Å². The summed E-state index contributed by atoms with van der Waals surface area (Å²) in [6.45, 7) is 0.461. The molecule has 19 heavy (non-hydrogen) atoms. The number of amides is 2. The van der Waals surface area contributed by atoms with Crippen LogP contribution >= 0.6 is 0 Å². The molecule has 0 bridgehead atoms. The Morgan fingerprint density at radius 3 is 2.42 bits per heavy atom. The van der Waals surface area contributed by atoms with Crippen molar-refractivity contribution in [3.63, 3.8) is 0 Å². The second kappa shape index (κ2) is 5.30. The summed E-state index contributed by atoms with van der Waals surface area (Å²) < 4.78 is 0. The molecule has 0 spiro atoms.